The number of hydrogen-bond donors (Lipinski definition) is 0. The van der Waals surface area contributed by atoms with Crippen molar-refractivity contribution in [1.29, 1.82) is 5.26 Å². The minimum absolute atomic E-state index is 0.123. The van der Waals surface area contributed by atoms with E-state index in [-0.39, 0.29) is 5.41 Å². The van der Waals surface area contributed by atoms with Gasteiger partial charge in [-0.15, -0.1) is 0 Å². The van der Waals surface area contributed by atoms with Crippen LogP contribution in [0.5, 0.6) is 0 Å². The number of hydrogen-bond acceptors (Lipinski definition) is 2. The van der Waals surface area contributed by atoms with Crippen LogP contribution in [-0.2, 0) is 0 Å². The maximum atomic E-state index is 8.78. The second-order valence-electron chi connectivity index (χ2n) is 4.37. The topological polar surface area (TPSA) is 23.8 Å². The number of unbranched alkanes of at least 4 members (excludes halogenated alkanes) is 1. The molecule has 0 saturated carbocycles. The first kappa shape index (κ1) is 12.8. The van der Waals surface area contributed by atoms with Crippen LogP contribution in [-0.4, -0.2) is 11.0 Å². The summed E-state index contributed by atoms with van der Waals surface area (Å²) in [5.74, 6) is 1.24. The van der Waals surface area contributed by atoms with Crippen LogP contribution in [0.1, 0.15) is 47.0 Å². The Bertz CT molecular complexity index is 167. The fourth-order valence-electron chi connectivity index (χ4n) is 1.04. The van der Waals surface area contributed by atoms with Crippen molar-refractivity contribution in [2.75, 3.05) is 5.75 Å². The molecular formula is C11H21NS. The average molecular weight is 199 g/mol. The van der Waals surface area contributed by atoms with E-state index in [2.05, 4.69) is 19.9 Å². The Morgan fingerprint density at radius 3 is 2.38 bits per heavy atom. The molecule has 0 aromatic rings. The van der Waals surface area contributed by atoms with Crippen molar-refractivity contribution in [3.8, 4) is 6.07 Å². The number of nitriles is 1. The van der Waals surface area contributed by atoms with Crippen molar-refractivity contribution in [2.24, 2.45) is 5.41 Å². The van der Waals surface area contributed by atoms with Crippen molar-refractivity contribution < 1.29 is 0 Å². The smallest absolute Gasteiger partial charge is 0.0683 e. The van der Waals surface area contributed by atoms with E-state index in [0.717, 1.165) is 11.7 Å². The molecule has 0 rings (SSSR count). The van der Waals surface area contributed by atoms with E-state index in [0.29, 0.717) is 0 Å². The SMILES string of the molecule is CC(C)SCCCCC(C)(C)C#N. The summed E-state index contributed by atoms with van der Waals surface area (Å²) in [6.45, 7) is 8.49. The summed E-state index contributed by atoms with van der Waals surface area (Å²) in [6.07, 6.45) is 3.45. The molecule has 0 aliphatic rings. The molecular weight excluding hydrogens is 178 g/mol. The van der Waals surface area contributed by atoms with Crippen molar-refractivity contribution in [3.63, 3.8) is 0 Å². The lowest BCUT2D eigenvalue weighted by Gasteiger charge is -2.14. The predicted molar refractivity (Wildman–Crippen MR) is 60.8 cm³/mol. The number of rotatable bonds is 6. The summed E-state index contributed by atoms with van der Waals surface area (Å²) in [5, 5.41) is 9.52. The minimum Gasteiger partial charge on any atom is -0.198 e. The number of thioether (sulfide) groups is 1. The molecule has 0 saturated heterocycles. The lowest BCUT2D eigenvalue weighted by atomic mass is 9.89. The van der Waals surface area contributed by atoms with Crippen molar-refractivity contribution in [3.05, 3.63) is 0 Å². The normalized spacial score (nSPS) is 11.7. The van der Waals surface area contributed by atoms with Crippen LogP contribution >= 0.6 is 11.8 Å². The summed E-state index contributed by atoms with van der Waals surface area (Å²) in [6, 6.07) is 2.33. The molecule has 2 heteroatoms. The Hall–Kier alpha value is -0.160. The van der Waals surface area contributed by atoms with Gasteiger partial charge < -0.3 is 0 Å². The largest absolute Gasteiger partial charge is 0.198 e. The number of nitrogens with zero attached hydrogens (tertiary/aromatic N) is 1. The molecule has 0 spiro atoms. The molecule has 0 aliphatic carbocycles. The molecule has 0 fully saturated rings. The van der Waals surface area contributed by atoms with Crippen molar-refractivity contribution >= 4 is 11.8 Å². The van der Waals surface area contributed by atoms with Gasteiger partial charge in [0, 0.05) is 0 Å². The van der Waals surface area contributed by atoms with Gasteiger partial charge in [0.2, 0.25) is 0 Å². The van der Waals surface area contributed by atoms with Crippen LogP contribution < -0.4 is 0 Å². The van der Waals surface area contributed by atoms with Crippen LogP contribution in [0, 0.1) is 16.7 Å². The van der Waals surface area contributed by atoms with Crippen LogP contribution in [0.4, 0.5) is 0 Å². The summed E-state index contributed by atoms with van der Waals surface area (Å²) < 4.78 is 0. The molecule has 0 unspecified atom stereocenters. The first-order valence-electron chi connectivity index (χ1n) is 5.01. The van der Waals surface area contributed by atoms with Gasteiger partial charge in [0.05, 0.1) is 11.5 Å². The Morgan fingerprint density at radius 2 is 1.92 bits per heavy atom. The monoisotopic (exact) mass is 199 g/mol. The molecule has 0 atom stereocenters. The Kier molecular flexibility index (Phi) is 6.24. The quantitative estimate of drug-likeness (QED) is 0.607. The molecule has 0 bridgehead atoms. The van der Waals surface area contributed by atoms with Gasteiger partial charge in [-0.05, 0) is 37.7 Å². The third-order valence-corrected chi connectivity index (χ3v) is 3.14. The van der Waals surface area contributed by atoms with Gasteiger partial charge in [0.15, 0.2) is 0 Å². The summed E-state index contributed by atoms with van der Waals surface area (Å²) >= 11 is 2.01. The maximum absolute atomic E-state index is 8.78. The van der Waals surface area contributed by atoms with E-state index in [1.807, 2.05) is 25.6 Å². The van der Waals surface area contributed by atoms with Crippen molar-refractivity contribution in [1.82, 2.24) is 0 Å². The highest BCUT2D eigenvalue weighted by Gasteiger charge is 2.15. The van der Waals surface area contributed by atoms with Gasteiger partial charge in [-0.1, -0.05) is 20.3 Å². The third kappa shape index (κ3) is 8.18. The van der Waals surface area contributed by atoms with Gasteiger partial charge >= 0.3 is 0 Å². The zero-order valence-electron chi connectivity index (χ0n) is 9.26. The zero-order valence-corrected chi connectivity index (χ0v) is 10.1. The first-order chi connectivity index (χ1) is 5.98. The van der Waals surface area contributed by atoms with Crippen LogP contribution in [0.2, 0.25) is 0 Å². The van der Waals surface area contributed by atoms with Gasteiger partial charge in [-0.25, -0.2) is 0 Å². The van der Waals surface area contributed by atoms with Crippen LogP contribution in [0.15, 0.2) is 0 Å². The second kappa shape index (κ2) is 6.32. The molecule has 13 heavy (non-hydrogen) atoms. The molecule has 0 N–H and O–H groups in total. The lowest BCUT2D eigenvalue weighted by Crippen LogP contribution is -2.07. The van der Waals surface area contributed by atoms with Gasteiger partial charge in [-0.3, -0.25) is 0 Å². The van der Waals surface area contributed by atoms with E-state index in [9.17, 15) is 0 Å². The highest BCUT2D eigenvalue weighted by Crippen LogP contribution is 2.22. The average Bonchev–Trinajstić information content (AvgIpc) is 2.03. The van der Waals surface area contributed by atoms with Gasteiger partial charge in [0.1, 0.15) is 0 Å². The van der Waals surface area contributed by atoms with E-state index in [4.69, 9.17) is 5.26 Å². The van der Waals surface area contributed by atoms with E-state index >= 15 is 0 Å². The fourth-order valence-corrected chi connectivity index (χ4v) is 1.89. The molecule has 1 nitrogen and oxygen atoms in total. The zero-order chi connectivity index (χ0) is 10.3. The lowest BCUT2D eigenvalue weighted by molar-refractivity contribution is 0.433. The molecule has 76 valence electrons. The molecule has 0 radical (unpaired) electrons. The molecule has 0 amide bonds. The maximum Gasteiger partial charge on any atom is 0.0683 e. The Labute approximate surface area is 86.9 Å². The molecule has 0 aliphatic heterocycles. The molecule has 0 aromatic heterocycles. The fraction of sp³-hybridized carbons (Fsp3) is 0.909. The standard InChI is InChI=1S/C11H21NS/c1-10(2)13-8-6-5-7-11(3,4)9-12/h10H,5-8H2,1-4H3. The molecule has 0 aromatic carbocycles. The highest BCUT2D eigenvalue weighted by molar-refractivity contribution is 7.99. The molecule has 0 heterocycles. The van der Waals surface area contributed by atoms with Crippen molar-refractivity contribution in [2.45, 2.75) is 52.2 Å². The predicted octanol–water partition coefficient (Wildman–Crippen LogP) is 3.85. The van der Waals surface area contributed by atoms with Crippen LogP contribution in [0.3, 0.4) is 0 Å². The van der Waals surface area contributed by atoms with Gasteiger partial charge in [-0.2, -0.15) is 17.0 Å². The second-order valence-corrected chi connectivity index (χ2v) is 6.06. The van der Waals surface area contributed by atoms with Crippen LogP contribution in [0.25, 0.3) is 0 Å². The Balaban J connectivity index is 3.32. The van der Waals surface area contributed by atoms with E-state index < -0.39 is 0 Å². The summed E-state index contributed by atoms with van der Waals surface area (Å²) in [5.41, 5.74) is -0.123. The van der Waals surface area contributed by atoms with E-state index in [1.165, 1.54) is 18.6 Å². The van der Waals surface area contributed by atoms with E-state index in [1.54, 1.807) is 0 Å². The third-order valence-electron chi connectivity index (χ3n) is 1.95. The van der Waals surface area contributed by atoms with Gasteiger partial charge in [0.25, 0.3) is 0 Å². The minimum atomic E-state index is -0.123. The Morgan fingerprint density at radius 1 is 1.31 bits per heavy atom. The summed E-state index contributed by atoms with van der Waals surface area (Å²) in [7, 11) is 0. The summed E-state index contributed by atoms with van der Waals surface area (Å²) in [4.78, 5) is 0. The first-order valence-corrected chi connectivity index (χ1v) is 6.05. The highest BCUT2D eigenvalue weighted by atomic mass is 32.2.